The van der Waals surface area contributed by atoms with Crippen molar-refractivity contribution in [3.8, 4) is 45.3 Å². The minimum atomic E-state index is 0.568. The fraction of sp³-hybridized carbons (Fsp3) is 0. The van der Waals surface area contributed by atoms with E-state index in [1.807, 2.05) is 42.5 Å². The Morgan fingerprint density at radius 3 is 1.57 bits per heavy atom. The molecule has 9 aromatic carbocycles. The van der Waals surface area contributed by atoms with E-state index in [1.54, 1.807) is 0 Å². The molecule has 0 saturated heterocycles. The first-order chi connectivity index (χ1) is 27.7. The largest absolute Gasteiger partial charge is 0.456 e. The number of para-hydroxylation sites is 2. The maximum Gasteiger partial charge on any atom is 0.164 e. The van der Waals surface area contributed by atoms with Gasteiger partial charge in [0.05, 0.1) is 0 Å². The summed E-state index contributed by atoms with van der Waals surface area (Å²) < 4.78 is 12.8. The van der Waals surface area contributed by atoms with Crippen LogP contribution in [0.5, 0.6) is 0 Å². The maximum atomic E-state index is 6.48. The highest BCUT2D eigenvalue weighted by Crippen LogP contribution is 2.41. The molecule has 0 N–H and O–H groups in total. The SMILES string of the molecule is c1ccc2cc(-c3ccc4ccc(-c5nc(-c6cc7oc8ccccc8c7c7ccccc67)nc(-c6cccc7oc8ccccc8c67)n5)cc4c3)ccc2c1. The van der Waals surface area contributed by atoms with Crippen LogP contribution in [-0.2, 0) is 0 Å². The average molecular weight is 716 g/mol. The third kappa shape index (κ3) is 4.78. The van der Waals surface area contributed by atoms with Crippen molar-refractivity contribution in [2.24, 2.45) is 0 Å². The van der Waals surface area contributed by atoms with Crippen molar-refractivity contribution in [1.82, 2.24) is 15.0 Å². The second-order valence-electron chi connectivity index (χ2n) is 14.4. The highest BCUT2D eigenvalue weighted by molar-refractivity contribution is 6.22. The van der Waals surface area contributed by atoms with E-state index in [2.05, 4.69) is 133 Å². The van der Waals surface area contributed by atoms with Crippen molar-refractivity contribution in [2.45, 2.75) is 0 Å². The van der Waals surface area contributed by atoms with Crippen LogP contribution in [0.2, 0.25) is 0 Å². The van der Waals surface area contributed by atoms with Gasteiger partial charge in [-0.15, -0.1) is 0 Å². The van der Waals surface area contributed by atoms with E-state index < -0.39 is 0 Å². The van der Waals surface area contributed by atoms with Gasteiger partial charge in [-0.05, 0) is 85.9 Å². The van der Waals surface area contributed by atoms with Gasteiger partial charge in [0.25, 0.3) is 0 Å². The molecule has 3 heterocycles. The first kappa shape index (κ1) is 30.8. The van der Waals surface area contributed by atoms with Crippen LogP contribution in [-0.4, -0.2) is 15.0 Å². The van der Waals surface area contributed by atoms with Crippen LogP contribution >= 0.6 is 0 Å². The molecule has 260 valence electrons. The Morgan fingerprint density at radius 2 is 0.804 bits per heavy atom. The summed E-state index contributed by atoms with van der Waals surface area (Å²) in [5.41, 5.74) is 8.23. The van der Waals surface area contributed by atoms with Gasteiger partial charge in [0.15, 0.2) is 17.5 Å². The molecular formula is C51H29N3O2. The summed E-state index contributed by atoms with van der Waals surface area (Å²) in [5.74, 6) is 1.72. The molecule has 56 heavy (non-hydrogen) atoms. The van der Waals surface area contributed by atoms with Crippen molar-refractivity contribution in [2.75, 3.05) is 0 Å². The Kier molecular flexibility index (Phi) is 6.56. The summed E-state index contributed by atoms with van der Waals surface area (Å²) >= 11 is 0. The van der Waals surface area contributed by atoms with Crippen LogP contribution in [0.1, 0.15) is 0 Å². The number of hydrogen-bond acceptors (Lipinski definition) is 5. The van der Waals surface area contributed by atoms with Crippen LogP contribution < -0.4 is 0 Å². The lowest BCUT2D eigenvalue weighted by atomic mass is 9.97. The van der Waals surface area contributed by atoms with Crippen molar-refractivity contribution in [3.63, 3.8) is 0 Å². The lowest BCUT2D eigenvalue weighted by Crippen LogP contribution is -2.01. The van der Waals surface area contributed by atoms with E-state index >= 15 is 0 Å². The number of nitrogens with zero attached hydrogens (tertiary/aromatic N) is 3. The molecule has 0 spiro atoms. The van der Waals surface area contributed by atoms with Gasteiger partial charge in [0.2, 0.25) is 0 Å². The number of hydrogen-bond donors (Lipinski definition) is 0. The molecule has 12 aromatic rings. The van der Waals surface area contributed by atoms with Gasteiger partial charge < -0.3 is 8.83 Å². The van der Waals surface area contributed by atoms with E-state index in [9.17, 15) is 0 Å². The monoisotopic (exact) mass is 715 g/mol. The van der Waals surface area contributed by atoms with Gasteiger partial charge in [-0.25, -0.2) is 15.0 Å². The molecule has 12 rings (SSSR count). The van der Waals surface area contributed by atoms with Gasteiger partial charge >= 0.3 is 0 Å². The zero-order valence-electron chi connectivity index (χ0n) is 29.9. The summed E-state index contributed by atoms with van der Waals surface area (Å²) in [6, 6.07) is 61.1. The number of furan rings is 2. The minimum absolute atomic E-state index is 0.568. The number of fused-ring (bicyclic) bond motifs is 10. The normalized spacial score (nSPS) is 11.9. The molecule has 0 amide bonds. The van der Waals surface area contributed by atoms with Crippen LogP contribution in [0.15, 0.2) is 185 Å². The maximum absolute atomic E-state index is 6.48. The van der Waals surface area contributed by atoms with Crippen molar-refractivity contribution in [1.29, 1.82) is 0 Å². The van der Waals surface area contributed by atoms with Crippen molar-refractivity contribution >= 4 is 76.2 Å². The fourth-order valence-corrected chi connectivity index (χ4v) is 8.41. The molecule has 0 aliphatic carbocycles. The topological polar surface area (TPSA) is 65.0 Å². The fourth-order valence-electron chi connectivity index (χ4n) is 8.41. The summed E-state index contributed by atoms with van der Waals surface area (Å²) in [5, 5.41) is 11.0. The molecule has 5 heteroatoms. The zero-order valence-corrected chi connectivity index (χ0v) is 29.9. The Morgan fingerprint density at radius 1 is 0.286 bits per heavy atom. The second-order valence-corrected chi connectivity index (χ2v) is 14.4. The molecule has 0 radical (unpaired) electrons. The number of aromatic nitrogens is 3. The third-order valence-electron chi connectivity index (χ3n) is 11.1. The highest BCUT2D eigenvalue weighted by atomic mass is 16.3. The van der Waals surface area contributed by atoms with Crippen molar-refractivity contribution in [3.05, 3.63) is 176 Å². The van der Waals surface area contributed by atoms with E-state index in [0.29, 0.717) is 17.5 Å². The third-order valence-corrected chi connectivity index (χ3v) is 11.1. The number of benzene rings is 9. The summed E-state index contributed by atoms with van der Waals surface area (Å²) in [6.45, 7) is 0. The molecule has 5 nitrogen and oxygen atoms in total. The Hall–Kier alpha value is -7.63. The van der Waals surface area contributed by atoms with Gasteiger partial charge in [-0.1, -0.05) is 133 Å². The Bertz CT molecular complexity index is 3560. The molecule has 0 unspecified atom stereocenters. The lowest BCUT2D eigenvalue weighted by Gasteiger charge is -2.12. The van der Waals surface area contributed by atoms with Gasteiger partial charge in [-0.3, -0.25) is 0 Å². The zero-order chi connectivity index (χ0) is 36.7. The predicted molar refractivity (Wildman–Crippen MR) is 229 cm³/mol. The molecule has 0 bridgehead atoms. The van der Waals surface area contributed by atoms with Crippen LogP contribution in [0, 0.1) is 0 Å². The van der Waals surface area contributed by atoms with Gasteiger partial charge in [0, 0.05) is 38.2 Å². The standard InChI is InChI=1S/C51H29N3O2/c1-2-11-32-26-33(23-20-30(32)10-1)34-24-21-31-22-25-35(28-36(31)27-34)49-52-50(41-16-9-19-45-48(41)40-15-6-7-17-43(40)55-45)54-51(53-49)42-29-46-47(38-13-4-3-12-37(38)42)39-14-5-8-18-44(39)56-46/h1-29H. The van der Waals surface area contributed by atoms with Crippen LogP contribution in [0.3, 0.4) is 0 Å². The molecular weight excluding hydrogens is 687 g/mol. The van der Waals surface area contributed by atoms with Crippen molar-refractivity contribution < 1.29 is 8.83 Å². The first-order valence-corrected chi connectivity index (χ1v) is 18.8. The van der Waals surface area contributed by atoms with Gasteiger partial charge in [0.1, 0.15) is 22.3 Å². The molecule has 0 atom stereocenters. The summed E-state index contributed by atoms with van der Waals surface area (Å²) in [6.07, 6.45) is 0. The smallest absolute Gasteiger partial charge is 0.164 e. The first-order valence-electron chi connectivity index (χ1n) is 18.8. The molecule has 0 saturated carbocycles. The molecule has 3 aromatic heterocycles. The van der Waals surface area contributed by atoms with Gasteiger partial charge in [-0.2, -0.15) is 0 Å². The van der Waals surface area contributed by atoms with E-state index in [-0.39, 0.29) is 0 Å². The quantitative estimate of drug-likeness (QED) is 0.181. The van der Waals surface area contributed by atoms with Crippen LogP contribution in [0.25, 0.3) is 121 Å². The summed E-state index contributed by atoms with van der Waals surface area (Å²) in [4.78, 5) is 15.8. The second kappa shape index (κ2) is 11.9. The minimum Gasteiger partial charge on any atom is -0.456 e. The average Bonchev–Trinajstić information content (AvgIpc) is 3.84. The molecule has 0 aliphatic heterocycles. The molecule has 0 aliphatic rings. The Balaban J connectivity index is 1.10. The van der Waals surface area contributed by atoms with Crippen LogP contribution in [0.4, 0.5) is 0 Å². The molecule has 0 fully saturated rings. The van der Waals surface area contributed by atoms with E-state index in [1.165, 1.54) is 16.3 Å². The predicted octanol–water partition coefficient (Wildman–Crippen LogP) is 13.8. The lowest BCUT2D eigenvalue weighted by molar-refractivity contribution is 0.669. The highest BCUT2D eigenvalue weighted by Gasteiger charge is 2.21. The number of rotatable bonds is 4. The van der Waals surface area contributed by atoms with E-state index in [4.69, 9.17) is 23.8 Å². The Labute approximate surface area is 320 Å². The summed E-state index contributed by atoms with van der Waals surface area (Å²) in [7, 11) is 0. The van der Waals surface area contributed by atoms with E-state index in [0.717, 1.165) is 87.7 Å².